The average molecular weight is 546 g/mol. The van der Waals surface area contributed by atoms with Gasteiger partial charge in [0.1, 0.15) is 12.4 Å². The highest BCUT2D eigenvalue weighted by atomic mass is 127. The SMILES string of the molecule is CCNC(=NCCS(=O)(=O)NCc1ccccc1)N(C)CCOc1ccccc1.I. The summed E-state index contributed by atoms with van der Waals surface area (Å²) < 4.78 is 32.7. The largest absolute Gasteiger partial charge is 0.492 e. The molecule has 166 valence electrons. The summed E-state index contributed by atoms with van der Waals surface area (Å²) in [5.74, 6) is 1.41. The van der Waals surface area contributed by atoms with Crippen molar-refractivity contribution in [3.05, 3.63) is 66.2 Å². The third-order valence-electron chi connectivity index (χ3n) is 4.10. The molecule has 9 heteroatoms. The van der Waals surface area contributed by atoms with Crippen LogP contribution < -0.4 is 14.8 Å². The molecule has 0 aliphatic rings. The van der Waals surface area contributed by atoms with Gasteiger partial charge in [0, 0.05) is 20.1 Å². The minimum absolute atomic E-state index is 0. The van der Waals surface area contributed by atoms with Crippen LogP contribution in [-0.4, -0.2) is 58.3 Å². The van der Waals surface area contributed by atoms with E-state index in [0.29, 0.717) is 25.7 Å². The first-order valence-electron chi connectivity index (χ1n) is 9.68. The first-order valence-corrected chi connectivity index (χ1v) is 11.3. The second-order valence-corrected chi connectivity index (χ2v) is 8.37. The van der Waals surface area contributed by atoms with Crippen molar-refractivity contribution in [1.29, 1.82) is 0 Å². The zero-order valence-corrected chi connectivity index (χ0v) is 20.6. The summed E-state index contributed by atoms with van der Waals surface area (Å²) in [6.07, 6.45) is 0. The molecular formula is C21H31IN4O3S. The number of para-hydroxylation sites is 1. The van der Waals surface area contributed by atoms with Crippen molar-refractivity contribution in [3.8, 4) is 5.75 Å². The summed E-state index contributed by atoms with van der Waals surface area (Å²) in [6, 6.07) is 19.1. The van der Waals surface area contributed by atoms with E-state index in [0.717, 1.165) is 11.3 Å². The molecule has 0 aromatic heterocycles. The Hall–Kier alpha value is -1.85. The van der Waals surface area contributed by atoms with Crippen LogP contribution in [0.4, 0.5) is 0 Å². The van der Waals surface area contributed by atoms with Crippen LogP contribution >= 0.6 is 24.0 Å². The zero-order chi connectivity index (χ0) is 21.0. The number of rotatable bonds is 11. The molecule has 7 nitrogen and oxygen atoms in total. The maximum Gasteiger partial charge on any atom is 0.213 e. The van der Waals surface area contributed by atoms with Crippen molar-refractivity contribution in [1.82, 2.24) is 14.9 Å². The molecule has 0 saturated heterocycles. The molecule has 0 saturated carbocycles. The van der Waals surface area contributed by atoms with Gasteiger partial charge in [0.25, 0.3) is 0 Å². The van der Waals surface area contributed by atoms with E-state index in [9.17, 15) is 8.42 Å². The topological polar surface area (TPSA) is 83.0 Å². The molecule has 0 bridgehead atoms. The quantitative estimate of drug-likeness (QED) is 0.257. The van der Waals surface area contributed by atoms with Gasteiger partial charge in [-0.15, -0.1) is 24.0 Å². The van der Waals surface area contributed by atoms with E-state index in [4.69, 9.17) is 4.74 Å². The summed E-state index contributed by atoms with van der Waals surface area (Å²) in [5, 5.41) is 3.18. The molecule has 0 aliphatic heterocycles. The van der Waals surface area contributed by atoms with E-state index in [1.807, 2.05) is 79.5 Å². The Morgan fingerprint density at radius 1 is 1.07 bits per heavy atom. The molecule has 2 aromatic rings. The molecule has 0 unspecified atom stereocenters. The number of guanidine groups is 1. The summed E-state index contributed by atoms with van der Waals surface area (Å²) in [4.78, 5) is 6.36. The standard InChI is InChI=1S/C21H30N4O3S.HI/c1-3-22-21(25(2)15-16-28-20-12-8-5-9-13-20)23-14-17-29(26,27)24-18-19-10-6-4-7-11-19;/h4-13,24H,3,14-18H2,1-2H3,(H,22,23);1H. The lowest BCUT2D eigenvalue weighted by Gasteiger charge is -2.22. The third-order valence-corrected chi connectivity index (χ3v) is 5.40. The van der Waals surface area contributed by atoms with Gasteiger partial charge in [0.05, 0.1) is 18.8 Å². The number of benzene rings is 2. The molecule has 0 radical (unpaired) electrons. The van der Waals surface area contributed by atoms with Gasteiger partial charge in [-0.25, -0.2) is 13.1 Å². The fourth-order valence-corrected chi connectivity index (χ4v) is 3.39. The van der Waals surface area contributed by atoms with Crippen molar-refractivity contribution in [2.24, 2.45) is 4.99 Å². The number of sulfonamides is 1. The smallest absolute Gasteiger partial charge is 0.213 e. The molecule has 2 N–H and O–H groups in total. The normalized spacial score (nSPS) is 11.5. The third kappa shape index (κ3) is 10.3. The molecule has 0 heterocycles. The Balaban J connectivity index is 0.00000450. The summed E-state index contributed by atoms with van der Waals surface area (Å²) in [6.45, 7) is 4.26. The molecule has 0 spiro atoms. The Labute approximate surface area is 197 Å². The van der Waals surface area contributed by atoms with Crippen LogP contribution in [0.2, 0.25) is 0 Å². The Kier molecular flexibility index (Phi) is 12.4. The minimum atomic E-state index is -3.40. The molecule has 0 aliphatic carbocycles. The molecular weight excluding hydrogens is 515 g/mol. The highest BCUT2D eigenvalue weighted by Crippen LogP contribution is 2.07. The summed E-state index contributed by atoms with van der Waals surface area (Å²) >= 11 is 0. The molecule has 2 aromatic carbocycles. The highest BCUT2D eigenvalue weighted by molar-refractivity contribution is 14.0. The maximum absolute atomic E-state index is 12.2. The van der Waals surface area contributed by atoms with E-state index in [1.54, 1.807) is 0 Å². The van der Waals surface area contributed by atoms with E-state index >= 15 is 0 Å². The Morgan fingerprint density at radius 2 is 1.70 bits per heavy atom. The minimum Gasteiger partial charge on any atom is -0.492 e. The first-order chi connectivity index (χ1) is 14.0. The van der Waals surface area contributed by atoms with Gasteiger partial charge in [0.15, 0.2) is 5.96 Å². The van der Waals surface area contributed by atoms with E-state index in [1.165, 1.54) is 0 Å². The number of halogens is 1. The van der Waals surface area contributed by atoms with Gasteiger partial charge in [-0.3, -0.25) is 4.99 Å². The molecule has 2 rings (SSSR count). The number of hydrogen-bond acceptors (Lipinski definition) is 4. The number of likely N-dealkylation sites (N-methyl/N-ethyl adjacent to an activating group) is 1. The van der Waals surface area contributed by atoms with Crippen LogP contribution in [0.5, 0.6) is 5.75 Å². The average Bonchev–Trinajstić information content (AvgIpc) is 2.73. The molecule has 30 heavy (non-hydrogen) atoms. The monoisotopic (exact) mass is 546 g/mol. The fraction of sp³-hybridized carbons (Fsp3) is 0.381. The van der Waals surface area contributed by atoms with Gasteiger partial charge in [0.2, 0.25) is 10.0 Å². The van der Waals surface area contributed by atoms with Gasteiger partial charge < -0.3 is 15.0 Å². The van der Waals surface area contributed by atoms with E-state index < -0.39 is 10.0 Å². The maximum atomic E-state index is 12.2. The van der Waals surface area contributed by atoms with Crippen LogP contribution in [0.3, 0.4) is 0 Å². The van der Waals surface area contributed by atoms with Gasteiger partial charge in [-0.2, -0.15) is 0 Å². The Morgan fingerprint density at radius 3 is 2.33 bits per heavy atom. The predicted molar refractivity (Wildman–Crippen MR) is 133 cm³/mol. The second-order valence-electron chi connectivity index (χ2n) is 6.44. The van der Waals surface area contributed by atoms with Crippen LogP contribution in [-0.2, 0) is 16.6 Å². The first kappa shape index (κ1) is 26.2. The lowest BCUT2D eigenvalue weighted by Crippen LogP contribution is -2.41. The number of ether oxygens (including phenoxy) is 1. The van der Waals surface area contributed by atoms with Crippen LogP contribution in [0.15, 0.2) is 65.7 Å². The van der Waals surface area contributed by atoms with E-state index in [2.05, 4.69) is 15.0 Å². The second kappa shape index (κ2) is 14.2. The van der Waals surface area contributed by atoms with Crippen molar-refractivity contribution < 1.29 is 13.2 Å². The zero-order valence-electron chi connectivity index (χ0n) is 17.5. The van der Waals surface area contributed by atoms with Crippen molar-refractivity contribution in [2.45, 2.75) is 13.5 Å². The van der Waals surface area contributed by atoms with E-state index in [-0.39, 0.29) is 42.8 Å². The van der Waals surface area contributed by atoms with Gasteiger partial charge in [-0.05, 0) is 24.6 Å². The Bertz CT molecular complexity index is 849. The number of nitrogens with zero attached hydrogens (tertiary/aromatic N) is 2. The van der Waals surface area contributed by atoms with Crippen LogP contribution in [0, 0.1) is 0 Å². The van der Waals surface area contributed by atoms with Crippen molar-refractivity contribution in [3.63, 3.8) is 0 Å². The van der Waals surface area contributed by atoms with Crippen LogP contribution in [0.25, 0.3) is 0 Å². The highest BCUT2D eigenvalue weighted by Gasteiger charge is 2.11. The fourth-order valence-electron chi connectivity index (χ4n) is 2.53. The molecule has 0 amide bonds. The lowest BCUT2D eigenvalue weighted by atomic mass is 10.2. The number of nitrogens with one attached hydrogen (secondary N) is 2. The summed E-state index contributed by atoms with van der Waals surface area (Å²) in [7, 11) is -1.50. The summed E-state index contributed by atoms with van der Waals surface area (Å²) in [5.41, 5.74) is 0.922. The number of hydrogen-bond donors (Lipinski definition) is 2. The lowest BCUT2D eigenvalue weighted by molar-refractivity contribution is 0.281. The molecule has 0 atom stereocenters. The van der Waals surface area contributed by atoms with Crippen molar-refractivity contribution >= 4 is 40.0 Å². The van der Waals surface area contributed by atoms with Crippen LogP contribution in [0.1, 0.15) is 12.5 Å². The van der Waals surface area contributed by atoms with Crippen molar-refractivity contribution in [2.75, 3.05) is 39.0 Å². The van der Waals surface area contributed by atoms with Gasteiger partial charge in [-0.1, -0.05) is 48.5 Å². The molecule has 0 fully saturated rings. The predicted octanol–water partition coefficient (Wildman–Crippen LogP) is 2.70. The number of aliphatic imine (C=N–C) groups is 1. The van der Waals surface area contributed by atoms with Gasteiger partial charge >= 0.3 is 0 Å².